The van der Waals surface area contributed by atoms with Gasteiger partial charge in [0.25, 0.3) is 0 Å². The monoisotopic (exact) mass is 291 g/mol. The van der Waals surface area contributed by atoms with Crippen LogP contribution >= 0.6 is 0 Å². The van der Waals surface area contributed by atoms with Crippen molar-refractivity contribution in [2.45, 2.75) is 18.8 Å². The maximum absolute atomic E-state index is 10.2. The van der Waals surface area contributed by atoms with E-state index in [1.54, 1.807) is 6.20 Å². The topological polar surface area (TPSA) is 39.9 Å². The van der Waals surface area contributed by atoms with E-state index in [0.29, 0.717) is 5.92 Å². The standard InChI is InChI=1S/C19H21N3/c1-2-22-12-10-18(14-22)19(15-20,16-7-4-3-5-8-16)17-9-6-11-21-13-17/h3-9,11,13,18H,2,10,12,14H2,1H3/t18-,19-/m0/s1. The average molecular weight is 291 g/mol. The van der Waals surface area contributed by atoms with Crippen molar-refractivity contribution in [3.8, 4) is 6.07 Å². The number of aromatic nitrogens is 1. The Morgan fingerprint density at radius 1 is 1.23 bits per heavy atom. The summed E-state index contributed by atoms with van der Waals surface area (Å²) in [7, 11) is 0. The minimum Gasteiger partial charge on any atom is -0.303 e. The summed E-state index contributed by atoms with van der Waals surface area (Å²) in [6.07, 6.45) is 4.67. The van der Waals surface area contributed by atoms with Crippen molar-refractivity contribution in [1.29, 1.82) is 5.26 Å². The molecule has 3 heteroatoms. The third kappa shape index (κ3) is 2.40. The molecule has 3 nitrogen and oxygen atoms in total. The Labute approximate surface area is 132 Å². The van der Waals surface area contributed by atoms with Gasteiger partial charge >= 0.3 is 0 Å². The normalized spacial score (nSPS) is 21.2. The molecule has 2 atom stereocenters. The number of hydrogen-bond acceptors (Lipinski definition) is 3. The fraction of sp³-hybridized carbons (Fsp3) is 0.368. The molecule has 112 valence electrons. The minimum atomic E-state index is -0.612. The number of pyridine rings is 1. The van der Waals surface area contributed by atoms with Gasteiger partial charge in [-0.25, -0.2) is 0 Å². The smallest absolute Gasteiger partial charge is 0.113 e. The number of rotatable bonds is 4. The lowest BCUT2D eigenvalue weighted by Crippen LogP contribution is -2.37. The van der Waals surface area contributed by atoms with E-state index in [9.17, 15) is 5.26 Å². The van der Waals surface area contributed by atoms with Crippen LogP contribution in [0.5, 0.6) is 0 Å². The predicted octanol–water partition coefficient (Wildman–Crippen LogP) is 3.23. The minimum absolute atomic E-state index is 0.295. The van der Waals surface area contributed by atoms with E-state index in [-0.39, 0.29) is 0 Å². The number of benzene rings is 1. The van der Waals surface area contributed by atoms with Gasteiger partial charge in [0.1, 0.15) is 5.41 Å². The first-order valence-electron chi connectivity index (χ1n) is 7.91. The van der Waals surface area contributed by atoms with E-state index in [4.69, 9.17) is 0 Å². The van der Waals surface area contributed by atoms with Crippen LogP contribution in [-0.4, -0.2) is 29.5 Å². The molecule has 1 saturated heterocycles. The number of nitriles is 1. The fourth-order valence-corrected chi connectivity index (χ4v) is 3.63. The highest BCUT2D eigenvalue weighted by molar-refractivity contribution is 5.46. The third-order valence-electron chi connectivity index (χ3n) is 4.85. The Bertz CT molecular complexity index is 606. The Kier molecular flexibility index (Phi) is 4.22. The molecule has 0 unspecified atom stereocenters. The van der Waals surface area contributed by atoms with Crippen LogP contribution in [0.4, 0.5) is 0 Å². The number of hydrogen-bond donors (Lipinski definition) is 0. The van der Waals surface area contributed by atoms with E-state index in [1.165, 1.54) is 0 Å². The van der Waals surface area contributed by atoms with Crippen molar-refractivity contribution >= 4 is 0 Å². The van der Waals surface area contributed by atoms with Gasteiger partial charge in [-0.2, -0.15) is 5.26 Å². The second-order valence-electron chi connectivity index (χ2n) is 5.91. The molecule has 1 aromatic carbocycles. The second kappa shape index (κ2) is 6.29. The van der Waals surface area contributed by atoms with Gasteiger partial charge in [-0.1, -0.05) is 43.3 Å². The van der Waals surface area contributed by atoms with E-state index in [0.717, 1.165) is 37.2 Å². The van der Waals surface area contributed by atoms with Crippen molar-refractivity contribution in [3.63, 3.8) is 0 Å². The molecule has 22 heavy (non-hydrogen) atoms. The first-order valence-corrected chi connectivity index (χ1v) is 7.91. The summed E-state index contributed by atoms with van der Waals surface area (Å²) in [5.74, 6) is 0.295. The molecule has 0 spiro atoms. The van der Waals surface area contributed by atoms with Crippen LogP contribution in [0, 0.1) is 17.2 Å². The Morgan fingerprint density at radius 3 is 2.59 bits per heavy atom. The van der Waals surface area contributed by atoms with E-state index in [2.05, 4.69) is 35.0 Å². The van der Waals surface area contributed by atoms with Crippen molar-refractivity contribution in [2.75, 3.05) is 19.6 Å². The van der Waals surface area contributed by atoms with Crippen LogP contribution in [0.1, 0.15) is 24.5 Å². The summed E-state index contributed by atoms with van der Waals surface area (Å²) in [5, 5.41) is 10.2. The van der Waals surface area contributed by atoms with Gasteiger partial charge < -0.3 is 4.90 Å². The highest BCUT2D eigenvalue weighted by Crippen LogP contribution is 2.42. The van der Waals surface area contributed by atoms with E-state index >= 15 is 0 Å². The molecule has 0 bridgehead atoms. The van der Waals surface area contributed by atoms with Crippen LogP contribution in [-0.2, 0) is 5.41 Å². The van der Waals surface area contributed by atoms with Crippen LogP contribution < -0.4 is 0 Å². The molecule has 1 aliphatic rings. The summed E-state index contributed by atoms with van der Waals surface area (Å²) in [6, 6.07) is 16.8. The highest BCUT2D eigenvalue weighted by Gasteiger charge is 2.45. The lowest BCUT2D eigenvalue weighted by molar-refractivity contribution is 0.318. The van der Waals surface area contributed by atoms with Crippen LogP contribution in [0.2, 0.25) is 0 Å². The SMILES string of the molecule is CCN1CC[C@H]([C@@](C#N)(c2ccccc2)c2cccnc2)C1. The molecule has 0 N–H and O–H groups in total. The molecule has 3 rings (SSSR count). The zero-order chi connectivity index (χ0) is 15.4. The fourth-order valence-electron chi connectivity index (χ4n) is 3.63. The summed E-state index contributed by atoms with van der Waals surface area (Å²) in [6.45, 7) is 5.26. The number of nitrogens with zero attached hydrogens (tertiary/aromatic N) is 3. The third-order valence-corrected chi connectivity index (χ3v) is 4.85. The molecule has 2 heterocycles. The Balaban J connectivity index is 2.12. The summed E-state index contributed by atoms with van der Waals surface area (Å²) in [4.78, 5) is 6.70. The van der Waals surface area contributed by atoms with Gasteiger partial charge in [0.2, 0.25) is 0 Å². The average Bonchev–Trinajstić information content (AvgIpc) is 3.08. The van der Waals surface area contributed by atoms with Crippen molar-refractivity contribution in [3.05, 3.63) is 66.0 Å². The number of likely N-dealkylation sites (tertiary alicyclic amines) is 1. The molecule has 0 saturated carbocycles. The Hall–Kier alpha value is -2.18. The Morgan fingerprint density at radius 2 is 2.00 bits per heavy atom. The van der Waals surface area contributed by atoms with Gasteiger partial charge in [-0.15, -0.1) is 0 Å². The molecule has 0 aliphatic carbocycles. The molecule has 1 fully saturated rings. The van der Waals surface area contributed by atoms with Crippen molar-refractivity contribution < 1.29 is 0 Å². The maximum Gasteiger partial charge on any atom is 0.113 e. The molecular weight excluding hydrogens is 270 g/mol. The second-order valence-corrected chi connectivity index (χ2v) is 5.91. The van der Waals surface area contributed by atoms with Gasteiger partial charge in [0.15, 0.2) is 0 Å². The molecule has 1 aromatic heterocycles. The van der Waals surface area contributed by atoms with Gasteiger partial charge in [-0.05, 0) is 42.6 Å². The quantitative estimate of drug-likeness (QED) is 0.868. The molecular formula is C19H21N3. The molecule has 2 aromatic rings. The predicted molar refractivity (Wildman–Crippen MR) is 87.3 cm³/mol. The first-order chi connectivity index (χ1) is 10.8. The largest absolute Gasteiger partial charge is 0.303 e. The molecule has 0 radical (unpaired) electrons. The summed E-state index contributed by atoms with van der Waals surface area (Å²) >= 11 is 0. The summed E-state index contributed by atoms with van der Waals surface area (Å²) < 4.78 is 0. The van der Waals surface area contributed by atoms with Gasteiger partial charge in [0.05, 0.1) is 6.07 Å². The lowest BCUT2D eigenvalue weighted by Gasteiger charge is -2.33. The maximum atomic E-state index is 10.2. The van der Waals surface area contributed by atoms with Crippen LogP contribution in [0.15, 0.2) is 54.9 Å². The molecule has 1 aliphatic heterocycles. The summed E-state index contributed by atoms with van der Waals surface area (Å²) in [5.41, 5.74) is 1.47. The molecule has 0 amide bonds. The van der Waals surface area contributed by atoms with Crippen molar-refractivity contribution in [1.82, 2.24) is 9.88 Å². The lowest BCUT2D eigenvalue weighted by atomic mass is 9.67. The van der Waals surface area contributed by atoms with Crippen LogP contribution in [0.25, 0.3) is 0 Å². The van der Waals surface area contributed by atoms with E-state index in [1.807, 2.05) is 36.5 Å². The van der Waals surface area contributed by atoms with Gasteiger partial charge in [-0.3, -0.25) is 4.98 Å². The first kappa shape index (κ1) is 14.7. The zero-order valence-corrected chi connectivity index (χ0v) is 12.9. The zero-order valence-electron chi connectivity index (χ0n) is 12.9. The highest BCUT2D eigenvalue weighted by atomic mass is 15.1. The van der Waals surface area contributed by atoms with Crippen molar-refractivity contribution in [2.24, 2.45) is 5.92 Å². The van der Waals surface area contributed by atoms with Crippen LogP contribution in [0.3, 0.4) is 0 Å². The van der Waals surface area contributed by atoms with E-state index < -0.39 is 5.41 Å². The van der Waals surface area contributed by atoms with Gasteiger partial charge in [0, 0.05) is 18.9 Å².